The highest BCUT2D eigenvalue weighted by atomic mass is 79.9. The van der Waals surface area contributed by atoms with Crippen LogP contribution in [0.2, 0.25) is 10.0 Å². The topological polar surface area (TPSA) is 38.0 Å². The van der Waals surface area contributed by atoms with Crippen LogP contribution < -0.4 is 0 Å². The lowest BCUT2D eigenvalue weighted by Gasteiger charge is -2.13. The van der Waals surface area contributed by atoms with Crippen LogP contribution in [0.3, 0.4) is 0 Å². The first-order valence-electron chi connectivity index (χ1n) is 6.27. The van der Waals surface area contributed by atoms with Crippen LogP contribution in [-0.2, 0) is 19.9 Å². The normalized spacial score (nSPS) is 12.7. The zero-order chi connectivity index (χ0) is 14.9. The van der Waals surface area contributed by atoms with Gasteiger partial charge in [0.2, 0.25) is 0 Å². The van der Waals surface area contributed by atoms with Gasteiger partial charge in [-0.25, -0.2) is 0 Å². The Labute approximate surface area is 136 Å². The molecule has 0 amide bonds. The molecule has 2 rings (SSSR count). The molecule has 1 heterocycles. The number of aliphatic hydroxyl groups excluding tert-OH is 1. The van der Waals surface area contributed by atoms with Gasteiger partial charge in [-0.05, 0) is 40.0 Å². The second-order valence-corrected chi connectivity index (χ2v) is 6.21. The minimum Gasteiger partial charge on any atom is -0.388 e. The highest BCUT2D eigenvalue weighted by Crippen LogP contribution is 2.31. The van der Waals surface area contributed by atoms with Gasteiger partial charge in [0.15, 0.2) is 0 Å². The molecule has 1 aromatic carbocycles. The van der Waals surface area contributed by atoms with Crippen LogP contribution >= 0.6 is 39.1 Å². The first-order valence-corrected chi connectivity index (χ1v) is 7.82. The predicted octanol–water partition coefficient (Wildman–Crippen LogP) is 4.33. The van der Waals surface area contributed by atoms with E-state index >= 15 is 0 Å². The van der Waals surface area contributed by atoms with Crippen molar-refractivity contribution in [2.75, 3.05) is 0 Å². The van der Waals surface area contributed by atoms with Crippen molar-refractivity contribution in [3.63, 3.8) is 0 Å². The predicted molar refractivity (Wildman–Crippen MR) is 85.4 cm³/mol. The molecule has 0 aliphatic heterocycles. The summed E-state index contributed by atoms with van der Waals surface area (Å²) in [5.41, 5.74) is 2.60. The monoisotopic (exact) mass is 376 g/mol. The number of aliphatic hydroxyl groups is 1. The van der Waals surface area contributed by atoms with Crippen LogP contribution in [0.4, 0.5) is 0 Å². The Morgan fingerprint density at radius 1 is 1.40 bits per heavy atom. The summed E-state index contributed by atoms with van der Waals surface area (Å²) < 4.78 is 2.74. The summed E-state index contributed by atoms with van der Waals surface area (Å²) in [5.74, 6) is 0. The van der Waals surface area contributed by atoms with Gasteiger partial charge in [-0.1, -0.05) is 36.2 Å². The highest BCUT2D eigenvalue weighted by Gasteiger charge is 2.19. The van der Waals surface area contributed by atoms with E-state index in [4.69, 9.17) is 23.2 Å². The Morgan fingerprint density at radius 3 is 2.65 bits per heavy atom. The van der Waals surface area contributed by atoms with E-state index in [0.29, 0.717) is 22.0 Å². The smallest absolute Gasteiger partial charge is 0.0860 e. The van der Waals surface area contributed by atoms with Gasteiger partial charge in [-0.2, -0.15) is 5.10 Å². The third-order valence-corrected chi connectivity index (χ3v) is 4.69. The van der Waals surface area contributed by atoms with E-state index in [0.717, 1.165) is 22.3 Å². The van der Waals surface area contributed by atoms with Crippen LogP contribution in [0.15, 0.2) is 22.7 Å². The number of rotatable bonds is 4. The Bertz CT molecular complexity index is 628. The van der Waals surface area contributed by atoms with Gasteiger partial charge < -0.3 is 5.11 Å². The average Bonchev–Trinajstić information content (AvgIpc) is 2.66. The molecule has 0 fully saturated rings. The summed E-state index contributed by atoms with van der Waals surface area (Å²) >= 11 is 15.5. The number of hydrogen-bond donors (Lipinski definition) is 1. The zero-order valence-electron chi connectivity index (χ0n) is 11.2. The molecule has 0 saturated carbocycles. The number of nitrogens with zero attached hydrogens (tertiary/aromatic N) is 2. The molecule has 0 saturated heterocycles. The van der Waals surface area contributed by atoms with Crippen molar-refractivity contribution < 1.29 is 5.11 Å². The second-order valence-electron chi connectivity index (χ2n) is 4.57. The molecule has 0 bridgehead atoms. The maximum absolute atomic E-state index is 10.4. The van der Waals surface area contributed by atoms with E-state index in [1.807, 2.05) is 14.0 Å². The van der Waals surface area contributed by atoms with Gasteiger partial charge in [0.25, 0.3) is 0 Å². The summed E-state index contributed by atoms with van der Waals surface area (Å²) in [5, 5.41) is 15.8. The molecule has 20 heavy (non-hydrogen) atoms. The molecule has 0 spiro atoms. The van der Waals surface area contributed by atoms with Crippen LogP contribution in [0, 0.1) is 0 Å². The van der Waals surface area contributed by atoms with E-state index in [9.17, 15) is 5.11 Å². The van der Waals surface area contributed by atoms with E-state index in [-0.39, 0.29) is 0 Å². The lowest BCUT2D eigenvalue weighted by Crippen LogP contribution is -2.07. The number of aryl methyl sites for hydroxylation is 2. The first-order chi connectivity index (χ1) is 9.43. The summed E-state index contributed by atoms with van der Waals surface area (Å²) in [4.78, 5) is 0. The fourth-order valence-corrected chi connectivity index (χ4v) is 3.42. The largest absolute Gasteiger partial charge is 0.388 e. The van der Waals surface area contributed by atoms with Crippen molar-refractivity contribution >= 4 is 39.1 Å². The van der Waals surface area contributed by atoms with Crippen molar-refractivity contribution in [2.24, 2.45) is 7.05 Å². The van der Waals surface area contributed by atoms with Gasteiger partial charge >= 0.3 is 0 Å². The third-order valence-electron chi connectivity index (χ3n) is 3.21. The molecule has 0 radical (unpaired) electrons. The summed E-state index contributed by atoms with van der Waals surface area (Å²) in [6.45, 7) is 2.05. The average molecular weight is 378 g/mol. The van der Waals surface area contributed by atoms with E-state index in [1.54, 1.807) is 22.9 Å². The highest BCUT2D eigenvalue weighted by molar-refractivity contribution is 9.10. The van der Waals surface area contributed by atoms with E-state index in [1.165, 1.54) is 0 Å². The first kappa shape index (κ1) is 15.8. The number of halogens is 3. The van der Waals surface area contributed by atoms with Crippen molar-refractivity contribution in [3.8, 4) is 0 Å². The molecular weight excluding hydrogens is 363 g/mol. The molecule has 1 atom stereocenters. The molecule has 108 valence electrons. The van der Waals surface area contributed by atoms with Crippen molar-refractivity contribution in [1.29, 1.82) is 0 Å². The van der Waals surface area contributed by atoms with Crippen LogP contribution in [-0.4, -0.2) is 14.9 Å². The van der Waals surface area contributed by atoms with Gasteiger partial charge in [0.05, 0.1) is 22.0 Å². The fraction of sp³-hybridized carbons (Fsp3) is 0.357. The minimum atomic E-state index is -0.698. The molecular formula is C14H15BrCl2N2O. The second kappa shape index (κ2) is 6.48. The number of aromatic nitrogens is 2. The molecule has 0 aliphatic carbocycles. The fourth-order valence-electron chi connectivity index (χ4n) is 2.11. The number of hydrogen-bond acceptors (Lipinski definition) is 2. The molecule has 1 unspecified atom stereocenters. The summed E-state index contributed by atoms with van der Waals surface area (Å²) in [6.07, 6.45) is 0.577. The van der Waals surface area contributed by atoms with E-state index < -0.39 is 6.10 Å². The lowest BCUT2D eigenvalue weighted by atomic mass is 10.0. The van der Waals surface area contributed by atoms with Gasteiger partial charge in [0.1, 0.15) is 0 Å². The molecule has 1 aromatic heterocycles. The molecule has 2 aromatic rings. The SMILES string of the molecule is CCc1nn(C)c(CC(O)c2ccc(Cl)cc2Cl)c1Br. The summed E-state index contributed by atoms with van der Waals surface area (Å²) in [6, 6.07) is 5.11. The van der Waals surface area contributed by atoms with Crippen LogP contribution in [0.25, 0.3) is 0 Å². The summed E-state index contributed by atoms with van der Waals surface area (Å²) in [7, 11) is 1.87. The van der Waals surface area contributed by atoms with Gasteiger partial charge in [-0.15, -0.1) is 0 Å². The minimum absolute atomic E-state index is 0.436. The molecule has 0 aliphatic rings. The quantitative estimate of drug-likeness (QED) is 0.861. The Hall–Kier alpha value is -0.550. The Kier molecular flexibility index (Phi) is 5.13. The maximum atomic E-state index is 10.4. The number of benzene rings is 1. The van der Waals surface area contributed by atoms with Crippen molar-refractivity contribution in [2.45, 2.75) is 25.9 Å². The molecule has 1 N–H and O–H groups in total. The zero-order valence-corrected chi connectivity index (χ0v) is 14.3. The molecule has 6 heteroatoms. The van der Waals surface area contributed by atoms with Crippen LogP contribution in [0.1, 0.15) is 30.0 Å². The van der Waals surface area contributed by atoms with Crippen LogP contribution in [0.5, 0.6) is 0 Å². The third kappa shape index (κ3) is 3.19. The Morgan fingerprint density at radius 2 is 2.10 bits per heavy atom. The lowest BCUT2D eigenvalue weighted by molar-refractivity contribution is 0.175. The van der Waals surface area contributed by atoms with Crippen molar-refractivity contribution in [1.82, 2.24) is 9.78 Å². The standard InChI is InChI=1S/C14H15BrCl2N2O/c1-3-11-14(15)12(19(2)18-11)7-13(20)9-5-4-8(16)6-10(9)17/h4-6,13,20H,3,7H2,1-2H3. The Balaban J connectivity index is 2.27. The molecule has 3 nitrogen and oxygen atoms in total. The van der Waals surface area contributed by atoms with E-state index in [2.05, 4.69) is 21.0 Å². The van der Waals surface area contributed by atoms with Crippen molar-refractivity contribution in [3.05, 3.63) is 49.7 Å². The maximum Gasteiger partial charge on any atom is 0.0860 e. The van der Waals surface area contributed by atoms with Gasteiger partial charge in [0, 0.05) is 23.5 Å². The van der Waals surface area contributed by atoms with Gasteiger partial charge in [-0.3, -0.25) is 4.68 Å².